The summed E-state index contributed by atoms with van der Waals surface area (Å²) in [6, 6.07) is 0. The van der Waals surface area contributed by atoms with Gasteiger partial charge in [-0.2, -0.15) is 0 Å². The fourth-order valence-corrected chi connectivity index (χ4v) is 2.15. The van der Waals surface area contributed by atoms with E-state index in [1.54, 1.807) is 7.05 Å². The lowest BCUT2D eigenvalue weighted by Gasteiger charge is -2.23. The molecule has 0 aliphatic heterocycles. The Kier molecular flexibility index (Phi) is 2.76. The maximum absolute atomic E-state index is 11.3. The van der Waals surface area contributed by atoms with Gasteiger partial charge >= 0.3 is 5.97 Å². The van der Waals surface area contributed by atoms with Crippen molar-refractivity contribution in [2.45, 2.75) is 25.7 Å². The number of aryl methyl sites for hydroxylation is 1. The third kappa shape index (κ3) is 1.84. The van der Waals surface area contributed by atoms with Crippen molar-refractivity contribution in [1.29, 1.82) is 0 Å². The van der Waals surface area contributed by atoms with Crippen LogP contribution in [0.25, 0.3) is 0 Å². The fraction of sp³-hybridized carbons (Fsp3) is 0.778. The molecular weight excluding hydrogens is 210 g/mol. The molecule has 0 aromatic carbocycles. The van der Waals surface area contributed by atoms with Crippen molar-refractivity contribution in [2.75, 3.05) is 11.9 Å². The number of carboxylic acids is 1. The van der Waals surface area contributed by atoms with E-state index in [2.05, 4.69) is 20.8 Å². The van der Waals surface area contributed by atoms with E-state index in [4.69, 9.17) is 0 Å². The Morgan fingerprint density at radius 1 is 1.56 bits per heavy atom. The van der Waals surface area contributed by atoms with Gasteiger partial charge < -0.3 is 10.4 Å². The Morgan fingerprint density at radius 2 is 2.25 bits per heavy atom. The van der Waals surface area contributed by atoms with Crippen molar-refractivity contribution >= 4 is 11.9 Å². The second-order valence-corrected chi connectivity index (χ2v) is 4.27. The lowest BCUT2D eigenvalue weighted by molar-refractivity contribution is -0.147. The molecule has 0 atom stereocenters. The maximum Gasteiger partial charge on any atom is 0.311 e. The minimum atomic E-state index is -0.729. The Labute approximate surface area is 92.8 Å². The summed E-state index contributed by atoms with van der Waals surface area (Å²) in [6.45, 7) is 0.385. The molecule has 0 saturated heterocycles. The number of tetrazole rings is 1. The highest BCUT2D eigenvalue weighted by Crippen LogP contribution is 2.38. The molecule has 0 spiro atoms. The van der Waals surface area contributed by atoms with Crippen molar-refractivity contribution in [1.82, 2.24) is 20.2 Å². The van der Waals surface area contributed by atoms with Gasteiger partial charge in [-0.15, -0.1) is 0 Å². The minimum absolute atomic E-state index is 0.385. The Balaban J connectivity index is 2.03. The molecule has 2 N–H and O–H groups in total. The van der Waals surface area contributed by atoms with E-state index in [0.717, 1.165) is 25.7 Å². The van der Waals surface area contributed by atoms with Gasteiger partial charge in [-0.3, -0.25) is 4.79 Å². The molecule has 1 aromatic rings. The normalized spacial score (nSPS) is 18.6. The first kappa shape index (κ1) is 10.8. The Hall–Kier alpha value is -1.66. The lowest BCUT2D eigenvalue weighted by Crippen LogP contribution is -2.35. The smallest absolute Gasteiger partial charge is 0.311 e. The summed E-state index contributed by atoms with van der Waals surface area (Å²) < 4.78 is 1.49. The summed E-state index contributed by atoms with van der Waals surface area (Å²) in [5.41, 5.74) is -0.647. The molecular formula is C9H15N5O2. The summed E-state index contributed by atoms with van der Waals surface area (Å²) in [6.07, 6.45) is 3.40. The van der Waals surface area contributed by atoms with Crippen molar-refractivity contribution in [3.63, 3.8) is 0 Å². The van der Waals surface area contributed by atoms with Crippen LogP contribution >= 0.6 is 0 Å². The number of hydrogen-bond acceptors (Lipinski definition) is 5. The topological polar surface area (TPSA) is 92.9 Å². The van der Waals surface area contributed by atoms with E-state index >= 15 is 0 Å². The molecule has 0 unspecified atom stereocenters. The number of carbonyl (C=O) groups is 1. The molecule has 1 fully saturated rings. The number of anilines is 1. The molecule has 1 aliphatic rings. The molecule has 0 amide bonds. The highest BCUT2D eigenvalue weighted by Gasteiger charge is 2.41. The lowest BCUT2D eigenvalue weighted by atomic mass is 9.86. The standard InChI is InChI=1S/C9H15N5O2/c1-14-8(11-12-13-14)10-6-9(7(15)16)4-2-3-5-9/h2-6H2,1H3,(H,15,16)(H,10,11,13). The van der Waals surface area contributed by atoms with Crippen molar-refractivity contribution in [3.05, 3.63) is 0 Å². The maximum atomic E-state index is 11.3. The van der Waals surface area contributed by atoms with Crippen molar-refractivity contribution in [2.24, 2.45) is 12.5 Å². The van der Waals surface area contributed by atoms with Gasteiger partial charge in [-0.25, -0.2) is 4.68 Å². The molecule has 7 heteroatoms. The van der Waals surface area contributed by atoms with E-state index in [1.807, 2.05) is 0 Å². The van der Waals surface area contributed by atoms with Crippen molar-refractivity contribution in [3.8, 4) is 0 Å². The molecule has 0 bridgehead atoms. The average molecular weight is 225 g/mol. The quantitative estimate of drug-likeness (QED) is 0.763. The first-order valence-electron chi connectivity index (χ1n) is 5.34. The largest absolute Gasteiger partial charge is 0.481 e. The third-order valence-electron chi connectivity index (χ3n) is 3.22. The van der Waals surface area contributed by atoms with Gasteiger partial charge in [0.15, 0.2) is 0 Å². The van der Waals surface area contributed by atoms with Crippen LogP contribution in [-0.4, -0.2) is 37.8 Å². The molecule has 0 radical (unpaired) electrons. The van der Waals surface area contributed by atoms with Crippen LogP contribution in [0.5, 0.6) is 0 Å². The van der Waals surface area contributed by atoms with Gasteiger partial charge in [0, 0.05) is 13.6 Å². The van der Waals surface area contributed by atoms with Gasteiger partial charge in [0.2, 0.25) is 5.95 Å². The first-order chi connectivity index (χ1) is 7.64. The highest BCUT2D eigenvalue weighted by molar-refractivity contribution is 5.75. The Bertz CT molecular complexity index is 383. The van der Waals surface area contributed by atoms with Gasteiger partial charge in [0.05, 0.1) is 5.41 Å². The van der Waals surface area contributed by atoms with Crippen molar-refractivity contribution < 1.29 is 9.90 Å². The second-order valence-electron chi connectivity index (χ2n) is 4.27. The number of rotatable bonds is 4. The SMILES string of the molecule is Cn1nnnc1NCC1(C(=O)O)CCCC1. The highest BCUT2D eigenvalue weighted by atomic mass is 16.4. The number of nitrogens with zero attached hydrogens (tertiary/aromatic N) is 4. The number of aliphatic carboxylic acids is 1. The van der Waals surface area contributed by atoms with Gasteiger partial charge in [0.1, 0.15) is 0 Å². The fourth-order valence-electron chi connectivity index (χ4n) is 2.15. The molecule has 1 aliphatic carbocycles. The number of nitrogens with one attached hydrogen (secondary N) is 1. The van der Waals surface area contributed by atoms with Gasteiger partial charge in [-0.1, -0.05) is 17.9 Å². The van der Waals surface area contributed by atoms with Crippen LogP contribution in [0, 0.1) is 5.41 Å². The molecule has 2 rings (SSSR count). The predicted octanol–water partition coefficient (Wildman–Crippen LogP) is 0.267. The number of aromatic nitrogens is 4. The van der Waals surface area contributed by atoms with Gasteiger partial charge in [0.25, 0.3) is 0 Å². The third-order valence-corrected chi connectivity index (χ3v) is 3.22. The zero-order chi connectivity index (χ0) is 11.6. The van der Waals surface area contributed by atoms with Crippen LogP contribution in [0.4, 0.5) is 5.95 Å². The van der Waals surface area contributed by atoms with Crippen LogP contribution in [-0.2, 0) is 11.8 Å². The Morgan fingerprint density at radius 3 is 2.75 bits per heavy atom. The van der Waals surface area contributed by atoms with E-state index < -0.39 is 11.4 Å². The molecule has 16 heavy (non-hydrogen) atoms. The second kappa shape index (κ2) is 4.07. The zero-order valence-electron chi connectivity index (χ0n) is 9.18. The van der Waals surface area contributed by atoms with Gasteiger partial charge in [-0.05, 0) is 23.3 Å². The molecule has 88 valence electrons. The van der Waals surface area contributed by atoms with E-state index in [0.29, 0.717) is 12.5 Å². The van der Waals surface area contributed by atoms with E-state index in [9.17, 15) is 9.90 Å². The zero-order valence-corrected chi connectivity index (χ0v) is 9.18. The predicted molar refractivity (Wildman–Crippen MR) is 55.8 cm³/mol. The molecule has 1 heterocycles. The summed E-state index contributed by atoms with van der Waals surface area (Å²) >= 11 is 0. The van der Waals surface area contributed by atoms with Crippen LogP contribution < -0.4 is 5.32 Å². The summed E-state index contributed by atoms with van der Waals surface area (Å²) in [5, 5.41) is 23.2. The van der Waals surface area contributed by atoms with Crippen LogP contribution in [0.1, 0.15) is 25.7 Å². The molecule has 1 aromatic heterocycles. The molecule has 1 saturated carbocycles. The number of hydrogen-bond donors (Lipinski definition) is 2. The minimum Gasteiger partial charge on any atom is -0.481 e. The number of carboxylic acid groups (broad SMARTS) is 1. The average Bonchev–Trinajstić information content (AvgIpc) is 2.84. The van der Waals surface area contributed by atoms with E-state index in [1.165, 1.54) is 4.68 Å². The molecule has 7 nitrogen and oxygen atoms in total. The van der Waals surface area contributed by atoms with Crippen LogP contribution in [0.15, 0.2) is 0 Å². The summed E-state index contributed by atoms with van der Waals surface area (Å²) in [7, 11) is 1.71. The van der Waals surface area contributed by atoms with E-state index in [-0.39, 0.29) is 0 Å². The summed E-state index contributed by atoms with van der Waals surface area (Å²) in [4.78, 5) is 11.3. The monoisotopic (exact) mass is 225 g/mol. The summed E-state index contributed by atoms with van der Waals surface area (Å²) in [5.74, 6) is -0.222. The van der Waals surface area contributed by atoms with Crippen LogP contribution in [0.2, 0.25) is 0 Å². The van der Waals surface area contributed by atoms with Crippen LogP contribution in [0.3, 0.4) is 0 Å². The first-order valence-corrected chi connectivity index (χ1v) is 5.34.